The fourth-order valence-corrected chi connectivity index (χ4v) is 4.40. The summed E-state index contributed by atoms with van der Waals surface area (Å²) in [4.78, 5) is 28.2. The van der Waals surface area contributed by atoms with Crippen LogP contribution in [0.3, 0.4) is 0 Å². The lowest BCUT2D eigenvalue weighted by Gasteiger charge is -2.16. The molecule has 4 aromatic rings. The molecule has 1 aliphatic rings. The van der Waals surface area contributed by atoms with Crippen LogP contribution in [0, 0.1) is 6.92 Å². The van der Waals surface area contributed by atoms with Gasteiger partial charge in [-0.2, -0.15) is 9.78 Å². The summed E-state index contributed by atoms with van der Waals surface area (Å²) < 4.78 is 7.25. The Bertz CT molecular complexity index is 1500. The first kappa shape index (κ1) is 24.9. The van der Waals surface area contributed by atoms with Crippen molar-refractivity contribution in [2.24, 2.45) is 0 Å². The number of carbonyl (C=O) groups excluding carboxylic acids is 1. The van der Waals surface area contributed by atoms with E-state index in [2.05, 4.69) is 10.4 Å². The molecule has 2 heterocycles. The minimum atomic E-state index is -0.444. The Kier molecular flexibility index (Phi) is 7.17. The maximum absolute atomic E-state index is 13.6. The molecule has 3 aromatic carbocycles. The van der Waals surface area contributed by atoms with Crippen LogP contribution in [0.25, 0.3) is 5.69 Å². The number of likely N-dealkylation sites (tertiary alicyclic amines) is 1. The molecule has 188 valence electrons. The summed E-state index contributed by atoms with van der Waals surface area (Å²) in [6.07, 6.45) is 3.53. The molecule has 37 heavy (non-hydrogen) atoms. The van der Waals surface area contributed by atoms with Gasteiger partial charge >= 0.3 is 0 Å². The topological polar surface area (TPSA) is 76.5 Å². The number of hydrogen-bond acceptors (Lipinski definition) is 5. The van der Waals surface area contributed by atoms with Crippen LogP contribution >= 0.6 is 23.2 Å². The second-order valence-corrected chi connectivity index (χ2v) is 9.63. The lowest BCUT2D eigenvalue weighted by molar-refractivity contribution is 0.0793. The fraction of sp³-hybridized carbons (Fsp3) is 0.179. The zero-order valence-corrected chi connectivity index (χ0v) is 21.6. The number of ether oxygens (including phenoxy) is 1. The van der Waals surface area contributed by atoms with Gasteiger partial charge < -0.3 is 15.0 Å². The highest BCUT2D eigenvalue weighted by molar-refractivity contribution is 6.42. The van der Waals surface area contributed by atoms with Gasteiger partial charge in [-0.3, -0.25) is 9.59 Å². The number of amides is 1. The first-order valence-corrected chi connectivity index (χ1v) is 12.6. The zero-order chi connectivity index (χ0) is 25.9. The quantitative estimate of drug-likeness (QED) is 0.300. The van der Waals surface area contributed by atoms with Crippen LogP contribution in [0.1, 0.15) is 28.8 Å². The SMILES string of the molecule is Cc1ccc(Oc2cnn(-c3ccc(Cl)c(Cl)c3)c(=O)c2Nc2ccc(C(=O)N3CCCC3)cc2)cc1. The maximum Gasteiger partial charge on any atom is 0.299 e. The summed E-state index contributed by atoms with van der Waals surface area (Å²) in [5.74, 6) is 0.828. The second kappa shape index (κ2) is 10.7. The van der Waals surface area contributed by atoms with E-state index in [-0.39, 0.29) is 17.3 Å². The van der Waals surface area contributed by atoms with Gasteiger partial charge in [0.1, 0.15) is 5.75 Å². The molecule has 1 fully saturated rings. The first-order chi connectivity index (χ1) is 17.9. The molecule has 0 bridgehead atoms. The molecule has 1 amide bonds. The molecule has 1 N–H and O–H groups in total. The molecule has 5 rings (SSSR count). The van der Waals surface area contributed by atoms with Gasteiger partial charge in [0, 0.05) is 24.3 Å². The van der Waals surface area contributed by atoms with E-state index in [9.17, 15) is 9.59 Å². The normalized spacial score (nSPS) is 13.0. The van der Waals surface area contributed by atoms with Crippen molar-refractivity contribution in [3.05, 3.63) is 104 Å². The largest absolute Gasteiger partial charge is 0.453 e. The Labute approximate surface area is 224 Å². The molecule has 0 atom stereocenters. The smallest absolute Gasteiger partial charge is 0.299 e. The molecular weight excluding hydrogens is 511 g/mol. The predicted octanol–water partition coefficient (Wildman–Crippen LogP) is 6.62. The Morgan fingerprint density at radius 3 is 2.32 bits per heavy atom. The van der Waals surface area contributed by atoms with Gasteiger partial charge in [0.05, 0.1) is 21.9 Å². The standard InChI is InChI=1S/C28H24Cl2N4O3/c1-18-4-11-22(12-5-18)37-25-17-31-34(21-10-13-23(29)24(30)16-21)28(36)26(25)32-20-8-6-19(7-9-20)27(35)33-14-2-3-15-33/h4-13,16-17,32H,2-3,14-15H2,1H3. The van der Waals surface area contributed by atoms with E-state index in [0.29, 0.717) is 32.7 Å². The summed E-state index contributed by atoms with van der Waals surface area (Å²) in [7, 11) is 0. The monoisotopic (exact) mass is 534 g/mol. The van der Waals surface area contributed by atoms with Crippen molar-refractivity contribution in [2.45, 2.75) is 19.8 Å². The maximum atomic E-state index is 13.6. The van der Waals surface area contributed by atoms with Crippen molar-refractivity contribution >= 4 is 40.5 Å². The Morgan fingerprint density at radius 2 is 1.65 bits per heavy atom. The van der Waals surface area contributed by atoms with Crippen LogP contribution in [0.4, 0.5) is 11.4 Å². The van der Waals surface area contributed by atoms with Crippen LogP contribution in [-0.4, -0.2) is 33.7 Å². The average Bonchev–Trinajstić information content (AvgIpc) is 3.44. The summed E-state index contributed by atoms with van der Waals surface area (Å²) >= 11 is 12.2. The number of rotatable bonds is 6. The van der Waals surface area contributed by atoms with Gasteiger partial charge in [0.15, 0.2) is 11.4 Å². The first-order valence-electron chi connectivity index (χ1n) is 11.9. The van der Waals surface area contributed by atoms with E-state index in [4.69, 9.17) is 27.9 Å². The van der Waals surface area contributed by atoms with Crippen molar-refractivity contribution in [2.75, 3.05) is 18.4 Å². The Morgan fingerprint density at radius 1 is 0.946 bits per heavy atom. The number of nitrogens with zero attached hydrogens (tertiary/aromatic N) is 3. The van der Waals surface area contributed by atoms with Crippen molar-refractivity contribution < 1.29 is 9.53 Å². The molecule has 1 aromatic heterocycles. The van der Waals surface area contributed by atoms with Gasteiger partial charge in [-0.15, -0.1) is 0 Å². The third kappa shape index (κ3) is 5.48. The van der Waals surface area contributed by atoms with Crippen molar-refractivity contribution in [1.82, 2.24) is 14.7 Å². The highest BCUT2D eigenvalue weighted by Crippen LogP contribution is 2.30. The number of nitrogens with one attached hydrogen (secondary N) is 1. The molecular formula is C28H24Cl2N4O3. The number of carbonyl (C=O) groups is 1. The number of anilines is 2. The minimum absolute atomic E-state index is 0.0123. The highest BCUT2D eigenvalue weighted by Gasteiger charge is 2.20. The van der Waals surface area contributed by atoms with E-state index in [1.54, 1.807) is 42.5 Å². The molecule has 9 heteroatoms. The Hall–Kier alpha value is -3.81. The van der Waals surface area contributed by atoms with E-state index < -0.39 is 5.56 Å². The fourth-order valence-electron chi connectivity index (χ4n) is 4.11. The number of aryl methyl sites for hydroxylation is 1. The third-order valence-electron chi connectivity index (χ3n) is 6.13. The van der Waals surface area contributed by atoms with Gasteiger partial charge in [-0.1, -0.05) is 40.9 Å². The van der Waals surface area contributed by atoms with E-state index in [1.165, 1.54) is 10.9 Å². The molecule has 0 radical (unpaired) electrons. The molecule has 0 unspecified atom stereocenters. The van der Waals surface area contributed by atoms with Crippen molar-refractivity contribution in [1.29, 1.82) is 0 Å². The van der Waals surface area contributed by atoms with Crippen LogP contribution in [0.5, 0.6) is 11.5 Å². The van der Waals surface area contributed by atoms with E-state index >= 15 is 0 Å². The number of hydrogen-bond donors (Lipinski definition) is 1. The van der Waals surface area contributed by atoms with Crippen molar-refractivity contribution in [3.63, 3.8) is 0 Å². The predicted molar refractivity (Wildman–Crippen MR) is 146 cm³/mol. The van der Waals surface area contributed by atoms with E-state index in [1.807, 2.05) is 36.1 Å². The molecule has 0 spiro atoms. The van der Waals surface area contributed by atoms with Crippen LogP contribution in [0.2, 0.25) is 10.0 Å². The zero-order valence-electron chi connectivity index (χ0n) is 20.1. The summed E-state index contributed by atoms with van der Waals surface area (Å²) in [6, 6.07) is 19.4. The number of halogens is 2. The van der Waals surface area contributed by atoms with Crippen molar-refractivity contribution in [3.8, 4) is 17.2 Å². The third-order valence-corrected chi connectivity index (χ3v) is 6.87. The molecule has 1 aliphatic heterocycles. The molecule has 1 saturated heterocycles. The Balaban J connectivity index is 1.50. The van der Waals surface area contributed by atoms with Gasteiger partial charge in [0.25, 0.3) is 11.5 Å². The van der Waals surface area contributed by atoms with Gasteiger partial charge in [0.2, 0.25) is 0 Å². The summed E-state index contributed by atoms with van der Waals surface area (Å²) in [6.45, 7) is 3.54. The average molecular weight is 535 g/mol. The van der Waals surface area contributed by atoms with Crippen LogP contribution < -0.4 is 15.6 Å². The number of benzene rings is 3. The lowest BCUT2D eigenvalue weighted by Crippen LogP contribution is -2.27. The van der Waals surface area contributed by atoms with Gasteiger partial charge in [-0.05, 0) is 74.4 Å². The number of aromatic nitrogens is 2. The van der Waals surface area contributed by atoms with E-state index in [0.717, 1.165) is 31.5 Å². The minimum Gasteiger partial charge on any atom is -0.453 e. The molecule has 7 nitrogen and oxygen atoms in total. The highest BCUT2D eigenvalue weighted by atomic mass is 35.5. The van der Waals surface area contributed by atoms with Gasteiger partial charge in [-0.25, -0.2) is 0 Å². The summed E-state index contributed by atoms with van der Waals surface area (Å²) in [5, 5.41) is 8.15. The van der Waals surface area contributed by atoms with Crippen LogP contribution in [-0.2, 0) is 0 Å². The lowest BCUT2D eigenvalue weighted by atomic mass is 10.2. The summed E-state index contributed by atoms with van der Waals surface area (Å²) in [5.41, 5.74) is 2.50. The molecule has 0 aliphatic carbocycles. The van der Waals surface area contributed by atoms with Crippen LogP contribution in [0.15, 0.2) is 77.7 Å². The second-order valence-electron chi connectivity index (χ2n) is 8.82. The molecule has 0 saturated carbocycles.